The minimum absolute atomic E-state index is 0.0297. The van der Waals surface area contributed by atoms with E-state index in [0.717, 1.165) is 11.6 Å². The Hall–Kier alpha value is -3.65. The number of aromatic hydroxyl groups is 1. The molecule has 0 fully saturated rings. The Morgan fingerprint density at radius 1 is 0.919 bits per heavy atom. The second-order valence-electron chi connectivity index (χ2n) is 8.89. The van der Waals surface area contributed by atoms with E-state index in [-0.39, 0.29) is 16.5 Å². The highest BCUT2D eigenvalue weighted by atomic mass is 35.5. The molecule has 1 N–H and O–H groups in total. The molecular weight excluding hydrogens is 503 g/mol. The molecule has 3 aromatic carbocycles. The highest BCUT2D eigenvalue weighted by Gasteiger charge is 2.34. The van der Waals surface area contributed by atoms with Gasteiger partial charge >= 0.3 is 6.18 Å². The summed E-state index contributed by atoms with van der Waals surface area (Å²) in [5.41, 5.74) is 2.47. The maximum Gasteiger partial charge on any atom is 0.418 e. The Balaban J connectivity index is 2.12. The number of phenols is 1. The predicted octanol–water partition coefficient (Wildman–Crippen LogP) is 7.16. The standard InChI is InChI=1S/C28H29ClF3N3O2/c1-6-34(5)26-16-20(7-9-23(26)28(30,31)32)22-14-18(2)13-21(27(22)37)19-8-10-25(24(29)15-19)35(17-36)12-11-33(3)4/h7-17,37H,6H2,1-5H3/b12-11-. The van der Waals surface area contributed by atoms with Crippen molar-refractivity contribution in [2.45, 2.75) is 20.0 Å². The molecule has 0 saturated carbocycles. The van der Waals surface area contributed by atoms with Gasteiger partial charge in [-0.2, -0.15) is 13.2 Å². The van der Waals surface area contributed by atoms with Crippen molar-refractivity contribution >= 4 is 29.4 Å². The molecule has 37 heavy (non-hydrogen) atoms. The fourth-order valence-electron chi connectivity index (χ4n) is 3.91. The Morgan fingerprint density at radius 3 is 2.03 bits per heavy atom. The molecule has 0 aliphatic rings. The van der Waals surface area contributed by atoms with Gasteiger partial charge in [-0.1, -0.05) is 23.7 Å². The fraction of sp³-hybridized carbons (Fsp3) is 0.250. The van der Waals surface area contributed by atoms with E-state index < -0.39 is 11.7 Å². The fourth-order valence-corrected chi connectivity index (χ4v) is 4.18. The smallest absolute Gasteiger partial charge is 0.418 e. The molecule has 3 rings (SSSR count). The quantitative estimate of drug-likeness (QED) is 0.313. The number of alkyl halides is 3. The van der Waals surface area contributed by atoms with E-state index in [9.17, 15) is 23.1 Å². The van der Waals surface area contributed by atoms with Crippen LogP contribution in [0, 0.1) is 6.92 Å². The van der Waals surface area contributed by atoms with Crippen molar-refractivity contribution in [1.82, 2.24) is 4.90 Å². The number of anilines is 2. The van der Waals surface area contributed by atoms with Gasteiger partial charge in [-0.25, -0.2) is 0 Å². The van der Waals surface area contributed by atoms with Crippen LogP contribution < -0.4 is 9.80 Å². The average Bonchev–Trinajstić information content (AvgIpc) is 2.84. The van der Waals surface area contributed by atoms with Crippen LogP contribution in [0.15, 0.2) is 60.9 Å². The van der Waals surface area contributed by atoms with Crippen molar-refractivity contribution in [3.63, 3.8) is 0 Å². The van der Waals surface area contributed by atoms with E-state index in [0.29, 0.717) is 40.9 Å². The Bertz CT molecular complexity index is 1320. The second kappa shape index (κ2) is 11.2. The number of hydrogen-bond donors (Lipinski definition) is 1. The van der Waals surface area contributed by atoms with Gasteiger partial charge in [0, 0.05) is 56.9 Å². The lowest BCUT2D eigenvalue weighted by Gasteiger charge is -2.23. The van der Waals surface area contributed by atoms with Gasteiger partial charge in [0.25, 0.3) is 0 Å². The molecule has 0 radical (unpaired) electrons. The molecule has 0 aromatic heterocycles. The summed E-state index contributed by atoms with van der Waals surface area (Å²) in [5.74, 6) is -0.0842. The molecule has 0 aliphatic heterocycles. The molecule has 0 unspecified atom stereocenters. The van der Waals surface area contributed by atoms with E-state index in [1.54, 1.807) is 61.6 Å². The molecule has 196 valence electrons. The molecule has 0 atom stereocenters. The monoisotopic (exact) mass is 531 g/mol. The third kappa shape index (κ3) is 6.20. The van der Waals surface area contributed by atoms with Gasteiger partial charge in [0.1, 0.15) is 5.75 Å². The number of nitrogens with zero attached hydrogens (tertiary/aromatic N) is 3. The van der Waals surface area contributed by atoms with Crippen molar-refractivity contribution in [1.29, 1.82) is 0 Å². The van der Waals surface area contributed by atoms with Crippen LogP contribution in [0.1, 0.15) is 18.1 Å². The van der Waals surface area contributed by atoms with Gasteiger partial charge in [0.2, 0.25) is 6.41 Å². The molecule has 0 aliphatic carbocycles. The first kappa shape index (κ1) is 27.9. The summed E-state index contributed by atoms with van der Waals surface area (Å²) >= 11 is 6.51. The molecule has 9 heteroatoms. The van der Waals surface area contributed by atoms with Crippen LogP contribution in [0.2, 0.25) is 5.02 Å². The van der Waals surface area contributed by atoms with Crippen molar-refractivity contribution < 1.29 is 23.1 Å². The zero-order valence-corrected chi connectivity index (χ0v) is 22.0. The number of halogens is 4. The van der Waals surface area contributed by atoms with E-state index in [1.165, 1.54) is 21.9 Å². The first-order chi connectivity index (χ1) is 17.4. The van der Waals surface area contributed by atoms with Crippen molar-refractivity contribution in [2.75, 3.05) is 37.5 Å². The Kier molecular flexibility index (Phi) is 8.43. The van der Waals surface area contributed by atoms with E-state index in [1.807, 2.05) is 21.0 Å². The van der Waals surface area contributed by atoms with Crippen LogP contribution >= 0.6 is 11.6 Å². The van der Waals surface area contributed by atoms with Gasteiger partial charge in [0.05, 0.1) is 16.3 Å². The minimum Gasteiger partial charge on any atom is -0.507 e. The van der Waals surface area contributed by atoms with Crippen LogP contribution in [-0.4, -0.2) is 44.1 Å². The van der Waals surface area contributed by atoms with Crippen molar-refractivity contribution in [3.05, 3.63) is 77.1 Å². The minimum atomic E-state index is -4.51. The number of carbonyl (C=O) groups excluding carboxylic acids is 1. The normalized spacial score (nSPS) is 11.6. The first-order valence-electron chi connectivity index (χ1n) is 11.5. The van der Waals surface area contributed by atoms with E-state index in [2.05, 4.69) is 0 Å². The van der Waals surface area contributed by atoms with Crippen LogP contribution in [0.3, 0.4) is 0 Å². The highest BCUT2D eigenvalue weighted by molar-refractivity contribution is 6.34. The number of amides is 1. The lowest BCUT2D eigenvalue weighted by molar-refractivity contribution is -0.137. The van der Waals surface area contributed by atoms with E-state index >= 15 is 0 Å². The van der Waals surface area contributed by atoms with Crippen molar-refractivity contribution in [2.24, 2.45) is 0 Å². The summed E-state index contributed by atoms with van der Waals surface area (Å²) in [6.07, 6.45) is -0.595. The molecule has 0 bridgehead atoms. The molecular formula is C28H29ClF3N3O2. The van der Waals surface area contributed by atoms with Gasteiger partial charge in [-0.3, -0.25) is 9.69 Å². The van der Waals surface area contributed by atoms with Crippen LogP contribution in [-0.2, 0) is 11.0 Å². The number of phenolic OH excluding ortho intramolecular Hbond substituents is 1. The van der Waals surface area contributed by atoms with Gasteiger partial charge < -0.3 is 14.9 Å². The third-order valence-corrected chi connectivity index (χ3v) is 6.23. The molecule has 5 nitrogen and oxygen atoms in total. The van der Waals surface area contributed by atoms with E-state index in [4.69, 9.17) is 11.6 Å². The summed E-state index contributed by atoms with van der Waals surface area (Å²) < 4.78 is 40.9. The molecule has 0 heterocycles. The zero-order chi connectivity index (χ0) is 27.5. The maximum absolute atomic E-state index is 13.6. The van der Waals surface area contributed by atoms with Crippen molar-refractivity contribution in [3.8, 4) is 28.0 Å². The number of carbonyl (C=O) groups is 1. The lowest BCUT2D eigenvalue weighted by Crippen LogP contribution is -2.20. The van der Waals surface area contributed by atoms with Crippen LogP contribution in [0.25, 0.3) is 22.3 Å². The second-order valence-corrected chi connectivity index (χ2v) is 9.30. The summed E-state index contributed by atoms with van der Waals surface area (Å²) in [6, 6.07) is 12.4. The number of aryl methyl sites for hydroxylation is 1. The predicted molar refractivity (Wildman–Crippen MR) is 144 cm³/mol. The molecule has 0 spiro atoms. The van der Waals surface area contributed by atoms with Gasteiger partial charge in [-0.15, -0.1) is 0 Å². The summed E-state index contributed by atoms with van der Waals surface area (Å²) in [5, 5.41) is 11.5. The SMILES string of the molecule is CCN(C)c1cc(-c2cc(C)cc(-c3ccc(N(C=O)/C=C\N(C)C)c(Cl)c3)c2O)ccc1C(F)(F)F. The maximum atomic E-state index is 13.6. The van der Waals surface area contributed by atoms with Gasteiger partial charge in [0.15, 0.2) is 0 Å². The van der Waals surface area contributed by atoms with Crippen LogP contribution in [0.4, 0.5) is 24.5 Å². The lowest BCUT2D eigenvalue weighted by atomic mass is 9.93. The molecule has 0 saturated heterocycles. The topological polar surface area (TPSA) is 47.0 Å². The first-order valence-corrected chi connectivity index (χ1v) is 11.9. The molecule has 3 aromatic rings. The summed E-state index contributed by atoms with van der Waals surface area (Å²) in [6.45, 7) is 3.99. The van der Waals surface area contributed by atoms with Crippen LogP contribution in [0.5, 0.6) is 5.75 Å². The number of benzene rings is 3. The highest BCUT2D eigenvalue weighted by Crippen LogP contribution is 2.44. The Labute approximate surface area is 220 Å². The number of rotatable bonds is 8. The largest absolute Gasteiger partial charge is 0.507 e. The summed E-state index contributed by atoms with van der Waals surface area (Å²) in [7, 11) is 5.24. The average molecular weight is 532 g/mol. The number of hydrogen-bond acceptors (Lipinski definition) is 4. The van der Waals surface area contributed by atoms with Gasteiger partial charge in [-0.05, 0) is 66.9 Å². The Morgan fingerprint density at radius 2 is 1.51 bits per heavy atom. The third-order valence-electron chi connectivity index (χ3n) is 5.93. The molecule has 1 amide bonds. The summed E-state index contributed by atoms with van der Waals surface area (Å²) in [4.78, 5) is 16.2. The zero-order valence-electron chi connectivity index (χ0n) is 21.3.